The number of aromatic nitrogens is 2. The molecule has 24 heavy (non-hydrogen) atoms. The summed E-state index contributed by atoms with van der Waals surface area (Å²) in [4.78, 5) is 12.3. The van der Waals surface area contributed by atoms with Crippen LogP contribution in [0.15, 0.2) is 65.3 Å². The van der Waals surface area contributed by atoms with Crippen molar-refractivity contribution in [3.63, 3.8) is 0 Å². The predicted molar refractivity (Wildman–Crippen MR) is 94.6 cm³/mol. The number of amides is 1. The largest absolute Gasteiger partial charge is 0.307 e. The fraction of sp³-hybridized carbons (Fsp3) is 0.0556. The van der Waals surface area contributed by atoms with Gasteiger partial charge in [0.05, 0.1) is 24.4 Å². The summed E-state index contributed by atoms with van der Waals surface area (Å²) in [5.74, 6) is 0.375. The number of nitriles is 1. The minimum Gasteiger partial charge on any atom is -0.307 e. The Morgan fingerprint density at radius 1 is 1.21 bits per heavy atom. The zero-order chi connectivity index (χ0) is 16.9. The maximum Gasteiger partial charge on any atom is 0.256 e. The van der Waals surface area contributed by atoms with E-state index < -0.39 is 0 Å². The quantitative estimate of drug-likeness (QED) is 0.747. The molecular formula is C18H13BrN4O. The van der Waals surface area contributed by atoms with E-state index in [0.717, 1.165) is 10.0 Å². The van der Waals surface area contributed by atoms with E-state index in [2.05, 4.69) is 26.3 Å². The summed E-state index contributed by atoms with van der Waals surface area (Å²) in [7, 11) is 0. The molecule has 3 rings (SSSR count). The molecule has 1 heterocycles. The number of carbonyl (C=O) groups is 1. The highest BCUT2D eigenvalue weighted by molar-refractivity contribution is 9.10. The van der Waals surface area contributed by atoms with E-state index in [0.29, 0.717) is 23.5 Å². The maximum absolute atomic E-state index is 12.3. The summed E-state index contributed by atoms with van der Waals surface area (Å²) >= 11 is 3.45. The molecule has 0 saturated heterocycles. The van der Waals surface area contributed by atoms with Crippen LogP contribution in [0.2, 0.25) is 0 Å². The molecular weight excluding hydrogens is 368 g/mol. The lowest BCUT2D eigenvalue weighted by molar-refractivity contribution is 0.102. The molecule has 3 aromatic rings. The van der Waals surface area contributed by atoms with Crippen LogP contribution >= 0.6 is 15.9 Å². The Balaban J connectivity index is 1.75. The topological polar surface area (TPSA) is 70.7 Å². The Labute approximate surface area is 147 Å². The molecule has 0 aliphatic heterocycles. The van der Waals surface area contributed by atoms with Gasteiger partial charge in [0.15, 0.2) is 0 Å². The minimum atomic E-state index is -0.240. The van der Waals surface area contributed by atoms with Crippen molar-refractivity contribution in [2.24, 2.45) is 0 Å². The number of hydrogen-bond donors (Lipinski definition) is 1. The summed E-state index contributed by atoms with van der Waals surface area (Å²) in [6.07, 6.45) is 1.65. The number of nitrogens with zero attached hydrogens (tertiary/aromatic N) is 3. The Bertz CT molecular complexity index is 909. The van der Waals surface area contributed by atoms with Gasteiger partial charge < -0.3 is 5.32 Å². The molecule has 0 saturated carbocycles. The molecule has 1 amide bonds. The molecule has 1 N–H and O–H groups in total. The molecule has 0 bridgehead atoms. The molecule has 6 heteroatoms. The highest BCUT2D eigenvalue weighted by Crippen LogP contribution is 2.16. The van der Waals surface area contributed by atoms with Crippen LogP contribution in [0.3, 0.4) is 0 Å². The maximum atomic E-state index is 12.3. The first-order valence-corrected chi connectivity index (χ1v) is 8.03. The molecule has 0 radical (unpaired) electrons. The average Bonchev–Trinajstić information content (AvgIpc) is 3.01. The van der Waals surface area contributed by atoms with Gasteiger partial charge in [0.1, 0.15) is 5.82 Å². The van der Waals surface area contributed by atoms with Gasteiger partial charge in [-0.2, -0.15) is 10.4 Å². The number of rotatable bonds is 4. The summed E-state index contributed by atoms with van der Waals surface area (Å²) < 4.78 is 2.72. The number of benzene rings is 2. The van der Waals surface area contributed by atoms with Crippen LogP contribution in [0.25, 0.3) is 0 Å². The highest BCUT2D eigenvalue weighted by atomic mass is 79.9. The van der Waals surface area contributed by atoms with Crippen molar-refractivity contribution in [3.8, 4) is 6.07 Å². The number of hydrogen-bond acceptors (Lipinski definition) is 3. The van der Waals surface area contributed by atoms with E-state index in [1.54, 1.807) is 41.2 Å². The number of anilines is 1. The van der Waals surface area contributed by atoms with Crippen molar-refractivity contribution in [2.45, 2.75) is 6.54 Å². The smallest absolute Gasteiger partial charge is 0.256 e. The Hall–Kier alpha value is -2.91. The molecule has 0 aliphatic rings. The third-order valence-electron chi connectivity index (χ3n) is 3.46. The summed E-state index contributed by atoms with van der Waals surface area (Å²) in [6.45, 7) is 0.551. The van der Waals surface area contributed by atoms with E-state index in [4.69, 9.17) is 5.26 Å². The average molecular weight is 381 g/mol. The van der Waals surface area contributed by atoms with Crippen LogP contribution in [0, 0.1) is 11.3 Å². The van der Waals surface area contributed by atoms with Gasteiger partial charge in [0, 0.05) is 16.1 Å². The summed E-state index contributed by atoms with van der Waals surface area (Å²) in [6, 6.07) is 18.2. The standard InChI is InChI=1S/C18H13BrN4O/c19-16-3-1-2-14(10-16)12-23-17(8-9-21-23)22-18(24)15-6-4-13(11-20)5-7-15/h1-10H,12H2,(H,22,24). The fourth-order valence-electron chi connectivity index (χ4n) is 2.26. The van der Waals surface area contributed by atoms with Crippen LogP contribution in [-0.2, 0) is 6.54 Å². The van der Waals surface area contributed by atoms with Gasteiger partial charge in [-0.25, -0.2) is 4.68 Å². The van der Waals surface area contributed by atoms with Crippen LogP contribution in [-0.4, -0.2) is 15.7 Å². The second-order valence-corrected chi connectivity index (χ2v) is 6.06. The van der Waals surface area contributed by atoms with Crippen molar-refractivity contribution in [1.82, 2.24) is 9.78 Å². The third-order valence-corrected chi connectivity index (χ3v) is 3.95. The molecule has 0 aliphatic carbocycles. The molecule has 0 atom stereocenters. The minimum absolute atomic E-state index is 0.240. The lowest BCUT2D eigenvalue weighted by Gasteiger charge is -2.09. The van der Waals surface area contributed by atoms with Crippen LogP contribution in [0.5, 0.6) is 0 Å². The normalized spacial score (nSPS) is 10.2. The van der Waals surface area contributed by atoms with Gasteiger partial charge in [0.2, 0.25) is 0 Å². The van der Waals surface area contributed by atoms with Crippen molar-refractivity contribution >= 4 is 27.7 Å². The lowest BCUT2D eigenvalue weighted by atomic mass is 10.1. The van der Waals surface area contributed by atoms with E-state index in [1.807, 2.05) is 30.3 Å². The van der Waals surface area contributed by atoms with Crippen molar-refractivity contribution in [2.75, 3.05) is 5.32 Å². The Morgan fingerprint density at radius 2 is 2.00 bits per heavy atom. The zero-order valence-corrected chi connectivity index (χ0v) is 14.2. The highest BCUT2D eigenvalue weighted by Gasteiger charge is 2.10. The first-order chi connectivity index (χ1) is 11.7. The van der Waals surface area contributed by atoms with Crippen LogP contribution in [0.1, 0.15) is 21.5 Å². The second-order valence-electron chi connectivity index (χ2n) is 5.15. The van der Waals surface area contributed by atoms with Gasteiger partial charge in [0.25, 0.3) is 5.91 Å². The van der Waals surface area contributed by atoms with E-state index >= 15 is 0 Å². The van der Waals surface area contributed by atoms with Crippen molar-refractivity contribution < 1.29 is 4.79 Å². The van der Waals surface area contributed by atoms with Crippen LogP contribution in [0.4, 0.5) is 5.82 Å². The fourth-order valence-corrected chi connectivity index (χ4v) is 2.70. The van der Waals surface area contributed by atoms with Crippen LogP contribution < -0.4 is 5.32 Å². The number of halogens is 1. The number of nitrogens with one attached hydrogen (secondary N) is 1. The molecule has 2 aromatic carbocycles. The monoisotopic (exact) mass is 380 g/mol. The molecule has 0 fully saturated rings. The summed E-state index contributed by atoms with van der Waals surface area (Å²) in [5, 5.41) is 15.9. The van der Waals surface area contributed by atoms with E-state index in [1.165, 1.54) is 0 Å². The van der Waals surface area contributed by atoms with Gasteiger partial charge in [-0.15, -0.1) is 0 Å². The molecule has 1 aromatic heterocycles. The van der Waals surface area contributed by atoms with E-state index in [-0.39, 0.29) is 5.91 Å². The molecule has 0 unspecified atom stereocenters. The zero-order valence-electron chi connectivity index (χ0n) is 12.6. The van der Waals surface area contributed by atoms with Gasteiger partial charge in [-0.3, -0.25) is 4.79 Å². The third kappa shape index (κ3) is 3.70. The van der Waals surface area contributed by atoms with Gasteiger partial charge >= 0.3 is 0 Å². The van der Waals surface area contributed by atoms with E-state index in [9.17, 15) is 4.79 Å². The first kappa shape index (κ1) is 16.0. The SMILES string of the molecule is N#Cc1ccc(C(=O)Nc2ccnn2Cc2cccc(Br)c2)cc1. The first-order valence-electron chi connectivity index (χ1n) is 7.23. The predicted octanol–water partition coefficient (Wildman–Crippen LogP) is 3.82. The van der Waals surface area contributed by atoms with Crippen molar-refractivity contribution in [1.29, 1.82) is 5.26 Å². The molecule has 0 spiro atoms. The molecule has 118 valence electrons. The Kier molecular flexibility index (Phi) is 4.73. The van der Waals surface area contributed by atoms with Gasteiger partial charge in [-0.05, 0) is 42.0 Å². The second kappa shape index (κ2) is 7.11. The number of carbonyl (C=O) groups excluding carboxylic acids is 1. The summed E-state index contributed by atoms with van der Waals surface area (Å²) in [5.41, 5.74) is 2.08. The Morgan fingerprint density at radius 3 is 2.71 bits per heavy atom. The molecule has 5 nitrogen and oxygen atoms in total. The van der Waals surface area contributed by atoms with Crippen molar-refractivity contribution in [3.05, 3.63) is 82.0 Å². The lowest BCUT2D eigenvalue weighted by Crippen LogP contribution is -2.16. The van der Waals surface area contributed by atoms with Gasteiger partial charge in [-0.1, -0.05) is 28.1 Å².